The second-order valence-corrected chi connectivity index (χ2v) is 6.12. The number of rotatable bonds is 7. The van der Waals surface area contributed by atoms with Crippen molar-refractivity contribution in [3.63, 3.8) is 0 Å². The maximum atomic E-state index is 11.4. The minimum absolute atomic E-state index is 0.0217. The van der Waals surface area contributed by atoms with Crippen LogP contribution in [0.15, 0.2) is 42.7 Å². The zero-order valence-electron chi connectivity index (χ0n) is 15.1. The first kappa shape index (κ1) is 18.5. The average molecular weight is 367 g/mol. The molecule has 1 unspecified atom stereocenters. The molecule has 0 fully saturated rings. The van der Waals surface area contributed by atoms with Crippen molar-refractivity contribution in [2.45, 2.75) is 26.5 Å². The van der Waals surface area contributed by atoms with E-state index in [1.165, 1.54) is 12.4 Å². The number of hydrogen-bond acceptors (Lipinski definition) is 7. The maximum Gasteiger partial charge on any atom is 0.293 e. The predicted molar refractivity (Wildman–Crippen MR) is 105 cm³/mol. The standard InChI is InChI=1S/C19H21N5O3/c1-3-20-17-9-16-15(8-18(17)24(26)27)19(23-11-22-16)21-10-13-6-4-5-7-14(13)12(2)25/h4-9,11-12,20,25H,3,10H2,1-2H3,(H,21,22,23). The molecule has 1 atom stereocenters. The molecule has 0 aliphatic carbocycles. The number of aliphatic hydroxyl groups excluding tert-OH is 1. The van der Waals surface area contributed by atoms with E-state index in [0.29, 0.717) is 35.5 Å². The van der Waals surface area contributed by atoms with E-state index in [1.54, 1.807) is 13.0 Å². The van der Waals surface area contributed by atoms with Crippen LogP contribution in [0.4, 0.5) is 17.2 Å². The fourth-order valence-electron chi connectivity index (χ4n) is 3.00. The fraction of sp³-hybridized carbons (Fsp3) is 0.263. The third-order valence-corrected chi connectivity index (χ3v) is 4.27. The zero-order chi connectivity index (χ0) is 19.4. The monoisotopic (exact) mass is 367 g/mol. The molecule has 2 aromatic carbocycles. The molecule has 0 bridgehead atoms. The number of nitro benzene ring substituents is 1. The molecular formula is C19H21N5O3. The number of aliphatic hydroxyl groups is 1. The molecule has 0 aliphatic heterocycles. The van der Waals surface area contributed by atoms with E-state index >= 15 is 0 Å². The van der Waals surface area contributed by atoms with E-state index in [4.69, 9.17) is 0 Å². The Balaban J connectivity index is 1.98. The van der Waals surface area contributed by atoms with Gasteiger partial charge in [0.25, 0.3) is 5.69 Å². The first-order valence-corrected chi connectivity index (χ1v) is 8.68. The van der Waals surface area contributed by atoms with Crippen molar-refractivity contribution in [1.82, 2.24) is 9.97 Å². The van der Waals surface area contributed by atoms with Gasteiger partial charge >= 0.3 is 0 Å². The molecule has 8 nitrogen and oxygen atoms in total. The number of hydrogen-bond donors (Lipinski definition) is 3. The molecule has 0 amide bonds. The SMILES string of the molecule is CCNc1cc2ncnc(NCc3ccccc3C(C)O)c2cc1[N+](=O)[O-]. The van der Waals surface area contributed by atoms with Gasteiger partial charge in [0.15, 0.2) is 0 Å². The summed E-state index contributed by atoms with van der Waals surface area (Å²) in [5, 5.41) is 28.1. The highest BCUT2D eigenvalue weighted by atomic mass is 16.6. The lowest BCUT2D eigenvalue weighted by Gasteiger charge is -2.14. The van der Waals surface area contributed by atoms with Crippen molar-refractivity contribution in [2.75, 3.05) is 17.2 Å². The van der Waals surface area contributed by atoms with E-state index < -0.39 is 11.0 Å². The highest BCUT2D eigenvalue weighted by Gasteiger charge is 2.17. The van der Waals surface area contributed by atoms with Crippen LogP contribution >= 0.6 is 0 Å². The molecule has 0 saturated heterocycles. The molecule has 0 saturated carbocycles. The van der Waals surface area contributed by atoms with Crippen molar-refractivity contribution in [3.8, 4) is 0 Å². The van der Waals surface area contributed by atoms with Crippen LogP contribution in [0.25, 0.3) is 10.9 Å². The number of fused-ring (bicyclic) bond motifs is 1. The number of aromatic nitrogens is 2. The first-order valence-electron chi connectivity index (χ1n) is 8.68. The van der Waals surface area contributed by atoms with Crippen LogP contribution in [0.3, 0.4) is 0 Å². The molecule has 8 heteroatoms. The van der Waals surface area contributed by atoms with Gasteiger partial charge < -0.3 is 15.7 Å². The van der Waals surface area contributed by atoms with E-state index in [2.05, 4.69) is 20.6 Å². The molecule has 140 valence electrons. The predicted octanol–water partition coefficient (Wildman–Crippen LogP) is 3.64. The van der Waals surface area contributed by atoms with E-state index in [9.17, 15) is 15.2 Å². The van der Waals surface area contributed by atoms with E-state index in [-0.39, 0.29) is 5.69 Å². The summed E-state index contributed by atoms with van der Waals surface area (Å²) in [6, 6.07) is 10.7. The van der Waals surface area contributed by atoms with Crippen LogP contribution in [0.5, 0.6) is 0 Å². The van der Waals surface area contributed by atoms with Crippen LogP contribution in [0.1, 0.15) is 31.1 Å². The summed E-state index contributed by atoms with van der Waals surface area (Å²) in [4.78, 5) is 19.5. The Kier molecular flexibility index (Phi) is 5.46. The molecular weight excluding hydrogens is 346 g/mol. The number of benzene rings is 2. The number of nitrogens with one attached hydrogen (secondary N) is 2. The lowest BCUT2D eigenvalue weighted by Crippen LogP contribution is -2.07. The van der Waals surface area contributed by atoms with Crippen LogP contribution < -0.4 is 10.6 Å². The van der Waals surface area contributed by atoms with Gasteiger partial charge in [-0.15, -0.1) is 0 Å². The molecule has 0 spiro atoms. The normalized spacial score (nSPS) is 12.0. The number of nitro groups is 1. The minimum atomic E-state index is -0.589. The Bertz CT molecular complexity index is 975. The summed E-state index contributed by atoms with van der Waals surface area (Å²) in [5.41, 5.74) is 2.77. The molecule has 3 aromatic rings. The summed E-state index contributed by atoms with van der Waals surface area (Å²) in [6.45, 7) is 4.58. The van der Waals surface area contributed by atoms with Crippen LogP contribution in [0.2, 0.25) is 0 Å². The first-order chi connectivity index (χ1) is 13.0. The lowest BCUT2D eigenvalue weighted by atomic mass is 10.0. The van der Waals surface area contributed by atoms with E-state index in [1.807, 2.05) is 31.2 Å². The summed E-state index contributed by atoms with van der Waals surface area (Å²) in [7, 11) is 0. The zero-order valence-corrected chi connectivity index (χ0v) is 15.1. The summed E-state index contributed by atoms with van der Waals surface area (Å²) in [6.07, 6.45) is 0.834. The summed E-state index contributed by atoms with van der Waals surface area (Å²) in [5.74, 6) is 0.506. The summed E-state index contributed by atoms with van der Waals surface area (Å²) < 4.78 is 0. The second-order valence-electron chi connectivity index (χ2n) is 6.12. The van der Waals surface area contributed by atoms with Crippen molar-refractivity contribution in [2.24, 2.45) is 0 Å². The minimum Gasteiger partial charge on any atom is -0.389 e. The van der Waals surface area contributed by atoms with Gasteiger partial charge in [0.1, 0.15) is 17.8 Å². The summed E-state index contributed by atoms with van der Waals surface area (Å²) >= 11 is 0. The Morgan fingerprint density at radius 3 is 2.70 bits per heavy atom. The fourth-order valence-corrected chi connectivity index (χ4v) is 3.00. The maximum absolute atomic E-state index is 11.4. The number of nitrogens with zero attached hydrogens (tertiary/aromatic N) is 3. The molecule has 1 aromatic heterocycles. The molecule has 3 N–H and O–H groups in total. The van der Waals surface area contributed by atoms with Crippen LogP contribution in [-0.2, 0) is 6.54 Å². The Morgan fingerprint density at radius 2 is 2.00 bits per heavy atom. The van der Waals surface area contributed by atoms with E-state index in [0.717, 1.165) is 11.1 Å². The molecule has 27 heavy (non-hydrogen) atoms. The Hall–Kier alpha value is -3.26. The van der Waals surface area contributed by atoms with Gasteiger partial charge in [-0.3, -0.25) is 10.1 Å². The quantitative estimate of drug-likeness (QED) is 0.431. The molecule has 1 heterocycles. The third-order valence-electron chi connectivity index (χ3n) is 4.27. The largest absolute Gasteiger partial charge is 0.389 e. The highest BCUT2D eigenvalue weighted by molar-refractivity contribution is 5.94. The van der Waals surface area contributed by atoms with Gasteiger partial charge in [-0.1, -0.05) is 24.3 Å². The third kappa shape index (κ3) is 3.95. The van der Waals surface area contributed by atoms with Gasteiger partial charge in [-0.05, 0) is 31.0 Å². The van der Waals surface area contributed by atoms with Crippen molar-refractivity contribution in [1.29, 1.82) is 0 Å². The Morgan fingerprint density at radius 1 is 1.22 bits per heavy atom. The van der Waals surface area contributed by atoms with Gasteiger partial charge in [0, 0.05) is 24.5 Å². The molecule has 3 rings (SSSR count). The topological polar surface area (TPSA) is 113 Å². The van der Waals surface area contributed by atoms with Gasteiger partial charge in [0.05, 0.1) is 16.5 Å². The van der Waals surface area contributed by atoms with Crippen molar-refractivity contribution in [3.05, 3.63) is 64.0 Å². The van der Waals surface area contributed by atoms with Gasteiger partial charge in [-0.2, -0.15) is 0 Å². The lowest BCUT2D eigenvalue weighted by molar-refractivity contribution is -0.383. The van der Waals surface area contributed by atoms with Gasteiger partial charge in [-0.25, -0.2) is 9.97 Å². The molecule has 0 radical (unpaired) electrons. The average Bonchev–Trinajstić information content (AvgIpc) is 2.66. The smallest absolute Gasteiger partial charge is 0.293 e. The van der Waals surface area contributed by atoms with Crippen molar-refractivity contribution < 1.29 is 10.0 Å². The van der Waals surface area contributed by atoms with Crippen molar-refractivity contribution >= 4 is 28.1 Å². The Labute approximate surface area is 156 Å². The van der Waals surface area contributed by atoms with Crippen LogP contribution in [0, 0.1) is 10.1 Å². The second kappa shape index (κ2) is 7.96. The highest BCUT2D eigenvalue weighted by Crippen LogP contribution is 2.32. The van der Waals surface area contributed by atoms with Crippen LogP contribution in [-0.4, -0.2) is 26.5 Å². The number of anilines is 2. The van der Waals surface area contributed by atoms with Gasteiger partial charge in [0.2, 0.25) is 0 Å². The molecule has 0 aliphatic rings.